The van der Waals surface area contributed by atoms with Gasteiger partial charge in [0.1, 0.15) is 5.75 Å². The third-order valence-corrected chi connectivity index (χ3v) is 2.29. The van der Waals surface area contributed by atoms with Gasteiger partial charge in [0.15, 0.2) is 0 Å². The molecule has 3 heteroatoms. The van der Waals surface area contributed by atoms with Crippen LogP contribution in [0.15, 0.2) is 30.3 Å². The Kier molecular flexibility index (Phi) is 5.86. The Morgan fingerprint density at radius 2 is 2.24 bits per heavy atom. The number of rotatable bonds is 7. The average molecular weight is 234 g/mol. The Morgan fingerprint density at radius 3 is 2.94 bits per heavy atom. The molecule has 0 unspecified atom stereocenters. The van der Waals surface area contributed by atoms with Crippen molar-refractivity contribution < 1.29 is 14.6 Å². The molecule has 0 heterocycles. The molecule has 0 amide bonds. The zero-order valence-electron chi connectivity index (χ0n) is 10.1. The standard InChI is InChI=1S/C14H18O3/c1-2-3-4-10-17-13-7-5-6-12(11-13)8-9-14(15)16/h5-9,11H,2-4,10H2,1H3,(H,15,16)/b9-8+. The lowest BCUT2D eigenvalue weighted by Crippen LogP contribution is -1.96. The molecular weight excluding hydrogens is 216 g/mol. The molecule has 1 rings (SSSR count). The summed E-state index contributed by atoms with van der Waals surface area (Å²) in [4.78, 5) is 10.4. The lowest BCUT2D eigenvalue weighted by Gasteiger charge is -2.06. The van der Waals surface area contributed by atoms with E-state index in [0.29, 0.717) is 6.61 Å². The second-order valence-electron chi connectivity index (χ2n) is 3.80. The van der Waals surface area contributed by atoms with Gasteiger partial charge in [-0.2, -0.15) is 0 Å². The molecule has 0 aliphatic heterocycles. The molecule has 0 aliphatic carbocycles. The van der Waals surface area contributed by atoms with Crippen LogP contribution in [0.3, 0.4) is 0 Å². The van der Waals surface area contributed by atoms with Crippen LogP contribution in [0.25, 0.3) is 6.08 Å². The predicted molar refractivity (Wildman–Crippen MR) is 68.1 cm³/mol. The first-order chi connectivity index (χ1) is 8.22. The van der Waals surface area contributed by atoms with Crippen LogP contribution >= 0.6 is 0 Å². The summed E-state index contributed by atoms with van der Waals surface area (Å²) in [5.74, 6) is -0.159. The van der Waals surface area contributed by atoms with Crippen molar-refractivity contribution in [3.8, 4) is 5.75 Å². The molecule has 0 spiro atoms. The van der Waals surface area contributed by atoms with E-state index in [1.54, 1.807) is 6.08 Å². The second kappa shape index (κ2) is 7.49. The SMILES string of the molecule is CCCCCOc1cccc(/C=C/C(=O)O)c1. The number of ether oxygens (including phenoxy) is 1. The van der Waals surface area contributed by atoms with E-state index < -0.39 is 5.97 Å². The molecule has 92 valence electrons. The fourth-order valence-electron chi connectivity index (χ4n) is 1.42. The minimum Gasteiger partial charge on any atom is -0.494 e. The van der Waals surface area contributed by atoms with Crippen molar-refractivity contribution in [3.63, 3.8) is 0 Å². The Balaban J connectivity index is 2.50. The zero-order valence-corrected chi connectivity index (χ0v) is 10.1. The highest BCUT2D eigenvalue weighted by molar-refractivity contribution is 5.85. The third kappa shape index (κ3) is 5.76. The van der Waals surface area contributed by atoms with Crippen LogP contribution in [0.4, 0.5) is 0 Å². The lowest BCUT2D eigenvalue weighted by atomic mass is 10.2. The summed E-state index contributed by atoms with van der Waals surface area (Å²) in [5.41, 5.74) is 0.834. The van der Waals surface area contributed by atoms with Gasteiger partial charge in [-0.3, -0.25) is 0 Å². The smallest absolute Gasteiger partial charge is 0.328 e. The van der Waals surface area contributed by atoms with E-state index in [0.717, 1.165) is 23.8 Å². The fraction of sp³-hybridized carbons (Fsp3) is 0.357. The minimum atomic E-state index is -0.945. The quantitative estimate of drug-likeness (QED) is 0.581. The van der Waals surface area contributed by atoms with Crippen molar-refractivity contribution >= 4 is 12.0 Å². The number of benzene rings is 1. The molecular formula is C14H18O3. The normalized spacial score (nSPS) is 10.6. The predicted octanol–water partition coefficient (Wildman–Crippen LogP) is 3.35. The molecule has 0 saturated carbocycles. The Labute approximate surface area is 102 Å². The van der Waals surface area contributed by atoms with Crippen molar-refractivity contribution in [2.45, 2.75) is 26.2 Å². The molecule has 0 radical (unpaired) electrons. The lowest BCUT2D eigenvalue weighted by molar-refractivity contribution is -0.131. The van der Waals surface area contributed by atoms with E-state index in [1.807, 2.05) is 24.3 Å². The average Bonchev–Trinajstić information content (AvgIpc) is 2.33. The number of carbonyl (C=O) groups is 1. The molecule has 0 fully saturated rings. The van der Waals surface area contributed by atoms with Crippen molar-refractivity contribution in [1.29, 1.82) is 0 Å². The van der Waals surface area contributed by atoms with Crippen LogP contribution < -0.4 is 4.74 Å². The minimum absolute atomic E-state index is 0.708. The summed E-state index contributed by atoms with van der Waals surface area (Å²) in [6.45, 7) is 2.86. The number of carboxylic acids is 1. The highest BCUT2D eigenvalue weighted by Gasteiger charge is 1.95. The van der Waals surface area contributed by atoms with Gasteiger partial charge in [-0.15, -0.1) is 0 Å². The molecule has 3 nitrogen and oxygen atoms in total. The van der Waals surface area contributed by atoms with Crippen molar-refractivity contribution in [2.75, 3.05) is 6.61 Å². The topological polar surface area (TPSA) is 46.5 Å². The first-order valence-electron chi connectivity index (χ1n) is 5.86. The van der Waals surface area contributed by atoms with Gasteiger partial charge in [-0.05, 0) is 30.2 Å². The summed E-state index contributed by atoms with van der Waals surface area (Å²) in [5, 5.41) is 8.53. The summed E-state index contributed by atoms with van der Waals surface area (Å²) in [7, 11) is 0. The highest BCUT2D eigenvalue weighted by atomic mass is 16.5. The first kappa shape index (κ1) is 13.3. The number of aliphatic carboxylic acids is 1. The number of unbranched alkanes of at least 4 members (excludes halogenated alkanes) is 2. The summed E-state index contributed by atoms with van der Waals surface area (Å²) in [6, 6.07) is 7.42. The van der Waals surface area contributed by atoms with E-state index in [4.69, 9.17) is 9.84 Å². The van der Waals surface area contributed by atoms with Crippen LogP contribution in [-0.2, 0) is 4.79 Å². The van der Waals surface area contributed by atoms with Crippen LogP contribution in [0, 0.1) is 0 Å². The van der Waals surface area contributed by atoms with Gasteiger partial charge < -0.3 is 9.84 Å². The molecule has 17 heavy (non-hydrogen) atoms. The van der Waals surface area contributed by atoms with Gasteiger partial charge in [0.2, 0.25) is 0 Å². The Bertz CT molecular complexity index is 383. The maximum Gasteiger partial charge on any atom is 0.328 e. The van der Waals surface area contributed by atoms with E-state index in [9.17, 15) is 4.79 Å². The number of hydrogen-bond acceptors (Lipinski definition) is 2. The van der Waals surface area contributed by atoms with Crippen molar-refractivity contribution in [3.05, 3.63) is 35.9 Å². The Morgan fingerprint density at radius 1 is 1.41 bits per heavy atom. The van der Waals surface area contributed by atoms with Gasteiger partial charge in [-0.25, -0.2) is 4.79 Å². The largest absolute Gasteiger partial charge is 0.494 e. The molecule has 0 atom stereocenters. The maximum absolute atomic E-state index is 10.4. The zero-order chi connectivity index (χ0) is 12.5. The summed E-state index contributed by atoms with van der Waals surface area (Å²) < 4.78 is 5.57. The molecule has 1 aromatic rings. The third-order valence-electron chi connectivity index (χ3n) is 2.29. The maximum atomic E-state index is 10.4. The molecule has 0 bridgehead atoms. The van der Waals surface area contributed by atoms with Crippen LogP contribution in [0.5, 0.6) is 5.75 Å². The van der Waals surface area contributed by atoms with Gasteiger partial charge in [-0.1, -0.05) is 31.9 Å². The van der Waals surface area contributed by atoms with Gasteiger partial charge in [0.25, 0.3) is 0 Å². The van der Waals surface area contributed by atoms with Crippen molar-refractivity contribution in [2.24, 2.45) is 0 Å². The monoisotopic (exact) mass is 234 g/mol. The first-order valence-corrected chi connectivity index (χ1v) is 5.86. The van der Waals surface area contributed by atoms with E-state index in [-0.39, 0.29) is 0 Å². The van der Waals surface area contributed by atoms with Crippen molar-refractivity contribution in [1.82, 2.24) is 0 Å². The van der Waals surface area contributed by atoms with E-state index in [2.05, 4.69) is 6.92 Å². The van der Waals surface area contributed by atoms with E-state index >= 15 is 0 Å². The molecule has 0 aliphatic rings. The van der Waals surface area contributed by atoms with E-state index in [1.165, 1.54) is 12.8 Å². The molecule has 0 aromatic heterocycles. The molecule has 1 aromatic carbocycles. The number of carboxylic acid groups (broad SMARTS) is 1. The second-order valence-corrected chi connectivity index (χ2v) is 3.80. The number of hydrogen-bond donors (Lipinski definition) is 1. The van der Waals surface area contributed by atoms with Crippen LogP contribution in [0.2, 0.25) is 0 Å². The summed E-state index contributed by atoms with van der Waals surface area (Å²) >= 11 is 0. The molecule has 1 N–H and O–H groups in total. The highest BCUT2D eigenvalue weighted by Crippen LogP contribution is 2.15. The van der Waals surface area contributed by atoms with Crippen LogP contribution in [0.1, 0.15) is 31.7 Å². The summed E-state index contributed by atoms with van der Waals surface area (Å²) in [6.07, 6.45) is 6.06. The fourth-order valence-corrected chi connectivity index (χ4v) is 1.42. The van der Waals surface area contributed by atoms with Gasteiger partial charge >= 0.3 is 5.97 Å². The van der Waals surface area contributed by atoms with Gasteiger partial charge in [0, 0.05) is 6.08 Å². The Hall–Kier alpha value is -1.77. The van der Waals surface area contributed by atoms with Crippen LogP contribution in [-0.4, -0.2) is 17.7 Å². The van der Waals surface area contributed by atoms with Gasteiger partial charge in [0.05, 0.1) is 6.61 Å². The molecule has 0 saturated heterocycles.